The zero-order valence-electron chi connectivity index (χ0n) is 10.5. The van der Waals surface area contributed by atoms with Gasteiger partial charge in [0.05, 0.1) is 5.69 Å². The van der Waals surface area contributed by atoms with Crippen LogP contribution in [0.25, 0.3) is 10.7 Å². The van der Waals surface area contributed by atoms with Gasteiger partial charge in [0, 0.05) is 22.1 Å². The summed E-state index contributed by atoms with van der Waals surface area (Å²) in [7, 11) is 0. The van der Waals surface area contributed by atoms with Crippen molar-refractivity contribution in [1.29, 1.82) is 0 Å². The quantitative estimate of drug-likeness (QED) is 0.933. The van der Waals surface area contributed by atoms with Gasteiger partial charge in [0.15, 0.2) is 0 Å². The largest absolute Gasteiger partial charge is 0.326 e. The second-order valence-electron chi connectivity index (χ2n) is 4.52. The Morgan fingerprint density at radius 3 is 2.83 bits per heavy atom. The zero-order valence-corrected chi connectivity index (χ0v) is 12.9. The van der Waals surface area contributed by atoms with Crippen LogP contribution in [0.3, 0.4) is 0 Å². The van der Waals surface area contributed by atoms with Crippen molar-refractivity contribution in [3.8, 4) is 10.7 Å². The molecule has 0 radical (unpaired) electrons. The fourth-order valence-corrected chi connectivity index (χ4v) is 3.29. The average molecular weight is 326 g/mol. The van der Waals surface area contributed by atoms with Crippen molar-refractivity contribution in [2.45, 2.75) is 26.8 Å². The van der Waals surface area contributed by atoms with E-state index >= 15 is 0 Å². The van der Waals surface area contributed by atoms with Crippen LogP contribution in [0, 0.1) is 5.92 Å². The van der Waals surface area contributed by atoms with E-state index in [-0.39, 0.29) is 0 Å². The predicted molar refractivity (Wildman–Crippen MR) is 79.5 cm³/mol. The summed E-state index contributed by atoms with van der Waals surface area (Å²) >= 11 is 5.15. The number of pyridine rings is 1. The number of hydrogen-bond acceptors (Lipinski definition) is 4. The molecule has 2 heterocycles. The normalized spacial score (nSPS) is 11.2. The van der Waals surface area contributed by atoms with Crippen LogP contribution < -0.4 is 5.73 Å². The lowest BCUT2D eigenvalue weighted by Gasteiger charge is -2.02. The molecule has 0 aromatic carbocycles. The molecule has 2 N–H and O–H groups in total. The molecule has 2 aromatic heterocycles. The van der Waals surface area contributed by atoms with E-state index < -0.39 is 0 Å². The molecular weight excluding hydrogens is 310 g/mol. The number of rotatable bonds is 4. The van der Waals surface area contributed by atoms with Crippen molar-refractivity contribution in [3.63, 3.8) is 0 Å². The molecule has 3 nitrogen and oxygen atoms in total. The van der Waals surface area contributed by atoms with Crippen molar-refractivity contribution in [3.05, 3.63) is 33.4 Å². The Balaban J connectivity index is 2.41. The van der Waals surface area contributed by atoms with E-state index in [1.807, 2.05) is 12.1 Å². The van der Waals surface area contributed by atoms with Crippen LogP contribution in [0.2, 0.25) is 0 Å². The molecule has 0 bridgehead atoms. The van der Waals surface area contributed by atoms with E-state index in [1.54, 1.807) is 17.5 Å². The van der Waals surface area contributed by atoms with E-state index in [2.05, 4.69) is 34.8 Å². The minimum absolute atomic E-state index is 0.546. The molecule has 0 aliphatic rings. The molecule has 0 unspecified atom stereocenters. The van der Waals surface area contributed by atoms with Crippen molar-refractivity contribution >= 4 is 27.3 Å². The minimum atomic E-state index is 0.546. The standard InChI is InChI=1S/C13H16BrN3S/c1-8(2)6-10-11(7-15)18-13(17-10)12-9(14)4-3-5-16-12/h3-5,8H,6-7,15H2,1-2H3. The topological polar surface area (TPSA) is 51.8 Å². The fourth-order valence-electron chi connectivity index (χ4n) is 1.73. The first-order chi connectivity index (χ1) is 8.61. The molecule has 0 amide bonds. The minimum Gasteiger partial charge on any atom is -0.326 e. The SMILES string of the molecule is CC(C)Cc1nc(-c2ncccc2Br)sc1CN. The van der Waals surface area contributed by atoms with E-state index in [4.69, 9.17) is 10.7 Å². The van der Waals surface area contributed by atoms with Crippen molar-refractivity contribution in [2.24, 2.45) is 11.7 Å². The van der Waals surface area contributed by atoms with Gasteiger partial charge < -0.3 is 5.73 Å². The Kier molecular flexibility index (Phi) is 4.48. The predicted octanol–water partition coefficient (Wildman–Crippen LogP) is 3.62. The third-order valence-electron chi connectivity index (χ3n) is 2.53. The summed E-state index contributed by atoms with van der Waals surface area (Å²) in [5.41, 5.74) is 7.81. The van der Waals surface area contributed by atoms with Crippen molar-refractivity contribution in [2.75, 3.05) is 0 Å². The number of nitrogens with zero attached hydrogens (tertiary/aromatic N) is 2. The summed E-state index contributed by atoms with van der Waals surface area (Å²) in [5, 5.41) is 0.943. The average Bonchev–Trinajstić information content (AvgIpc) is 2.71. The fraction of sp³-hybridized carbons (Fsp3) is 0.385. The first-order valence-electron chi connectivity index (χ1n) is 5.91. The Morgan fingerprint density at radius 2 is 2.22 bits per heavy atom. The molecule has 0 aliphatic carbocycles. The van der Waals surface area contributed by atoms with Gasteiger partial charge in [0.1, 0.15) is 10.7 Å². The molecule has 2 aromatic rings. The Bertz CT molecular complexity index is 537. The first kappa shape index (κ1) is 13.6. The highest BCUT2D eigenvalue weighted by molar-refractivity contribution is 9.10. The van der Waals surface area contributed by atoms with Crippen LogP contribution in [-0.4, -0.2) is 9.97 Å². The highest BCUT2D eigenvalue weighted by Gasteiger charge is 2.15. The van der Waals surface area contributed by atoms with Gasteiger partial charge in [-0.05, 0) is 40.4 Å². The van der Waals surface area contributed by atoms with Crippen molar-refractivity contribution < 1.29 is 0 Å². The maximum Gasteiger partial charge on any atom is 0.143 e. The smallest absolute Gasteiger partial charge is 0.143 e. The lowest BCUT2D eigenvalue weighted by molar-refractivity contribution is 0.634. The first-order valence-corrected chi connectivity index (χ1v) is 7.52. The van der Waals surface area contributed by atoms with Gasteiger partial charge in [-0.3, -0.25) is 4.98 Å². The van der Waals surface area contributed by atoms with E-state index in [0.717, 1.165) is 32.2 Å². The van der Waals surface area contributed by atoms with E-state index in [1.165, 1.54) is 0 Å². The van der Waals surface area contributed by atoms with Crippen LogP contribution in [-0.2, 0) is 13.0 Å². The molecule has 0 spiro atoms. The number of nitrogens with two attached hydrogens (primary N) is 1. The molecule has 5 heteroatoms. The Labute approximate surface area is 120 Å². The summed E-state index contributed by atoms with van der Waals surface area (Å²) in [6.07, 6.45) is 2.75. The van der Waals surface area contributed by atoms with Crippen LogP contribution in [0.15, 0.2) is 22.8 Å². The number of thiazole rings is 1. The molecule has 0 saturated carbocycles. The molecule has 0 aliphatic heterocycles. The molecule has 0 saturated heterocycles. The summed E-state index contributed by atoms with van der Waals surface area (Å²) in [6, 6.07) is 3.88. The Hall–Kier alpha value is -0.780. The maximum atomic E-state index is 5.79. The van der Waals surface area contributed by atoms with Crippen molar-refractivity contribution in [1.82, 2.24) is 9.97 Å². The second kappa shape index (κ2) is 5.91. The van der Waals surface area contributed by atoms with Gasteiger partial charge in [-0.15, -0.1) is 11.3 Å². The van der Waals surface area contributed by atoms with Gasteiger partial charge in [-0.25, -0.2) is 4.98 Å². The zero-order chi connectivity index (χ0) is 13.1. The number of halogens is 1. The lowest BCUT2D eigenvalue weighted by atomic mass is 10.1. The highest BCUT2D eigenvalue weighted by Crippen LogP contribution is 2.32. The Morgan fingerprint density at radius 1 is 1.44 bits per heavy atom. The molecule has 0 atom stereocenters. The van der Waals surface area contributed by atoms with Gasteiger partial charge in [0.2, 0.25) is 0 Å². The van der Waals surface area contributed by atoms with Gasteiger partial charge >= 0.3 is 0 Å². The van der Waals surface area contributed by atoms with Crippen LogP contribution in [0.4, 0.5) is 0 Å². The molecular formula is C13H16BrN3S. The van der Waals surface area contributed by atoms with E-state index in [9.17, 15) is 0 Å². The summed E-state index contributed by atoms with van der Waals surface area (Å²) in [6.45, 7) is 4.93. The third kappa shape index (κ3) is 2.96. The summed E-state index contributed by atoms with van der Waals surface area (Å²) < 4.78 is 0.971. The molecule has 96 valence electrons. The lowest BCUT2D eigenvalue weighted by Crippen LogP contribution is -2.02. The van der Waals surface area contributed by atoms with Gasteiger partial charge in [-0.1, -0.05) is 13.8 Å². The monoisotopic (exact) mass is 325 g/mol. The molecule has 2 rings (SSSR count). The number of aromatic nitrogens is 2. The number of hydrogen-bond donors (Lipinski definition) is 1. The molecule has 18 heavy (non-hydrogen) atoms. The van der Waals surface area contributed by atoms with Gasteiger partial charge in [-0.2, -0.15) is 0 Å². The van der Waals surface area contributed by atoms with Gasteiger partial charge in [0.25, 0.3) is 0 Å². The molecule has 0 fully saturated rings. The van der Waals surface area contributed by atoms with E-state index in [0.29, 0.717) is 12.5 Å². The van der Waals surface area contributed by atoms with Crippen LogP contribution >= 0.6 is 27.3 Å². The highest BCUT2D eigenvalue weighted by atomic mass is 79.9. The summed E-state index contributed by atoms with van der Waals surface area (Å²) in [5.74, 6) is 0.581. The third-order valence-corrected chi connectivity index (χ3v) is 4.29. The maximum absolute atomic E-state index is 5.79. The van der Waals surface area contributed by atoms with Crippen LogP contribution in [0.1, 0.15) is 24.4 Å². The van der Waals surface area contributed by atoms with Crippen LogP contribution in [0.5, 0.6) is 0 Å². The summed E-state index contributed by atoms with van der Waals surface area (Å²) in [4.78, 5) is 10.2. The second-order valence-corrected chi connectivity index (χ2v) is 6.46.